The van der Waals surface area contributed by atoms with E-state index in [4.69, 9.17) is 5.11 Å². The lowest BCUT2D eigenvalue weighted by Crippen LogP contribution is -2.26. The van der Waals surface area contributed by atoms with Gasteiger partial charge in [-0.15, -0.1) is 0 Å². The molecule has 0 aliphatic rings. The summed E-state index contributed by atoms with van der Waals surface area (Å²) in [5.74, 6) is -0.250. The maximum atomic E-state index is 12.9. The molecule has 0 atom stereocenters. The molecule has 1 aromatic heterocycles. The Labute approximate surface area is 111 Å². The number of hydrogen-bond donors (Lipinski definition) is 2. The number of H-pyrrole nitrogens is 1. The zero-order valence-corrected chi connectivity index (χ0v) is 10.9. The molecule has 4 nitrogen and oxygen atoms in total. The minimum absolute atomic E-state index is 0.136. The van der Waals surface area contributed by atoms with Gasteiger partial charge in [0, 0.05) is 24.2 Å². The van der Waals surface area contributed by atoms with Crippen LogP contribution in [0.25, 0.3) is 11.3 Å². The van der Waals surface area contributed by atoms with E-state index in [-0.39, 0.29) is 12.4 Å². The summed E-state index contributed by atoms with van der Waals surface area (Å²) in [4.78, 5) is 2.12. The molecule has 2 aromatic rings. The van der Waals surface area contributed by atoms with E-state index < -0.39 is 0 Å². The zero-order chi connectivity index (χ0) is 13.7. The van der Waals surface area contributed by atoms with Crippen LogP contribution in [0.4, 0.5) is 4.39 Å². The molecule has 0 radical (unpaired) electrons. The number of halogens is 1. The van der Waals surface area contributed by atoms with Crippen LogP contribution in [0.15, 0.2) is 30.5 Å². The summed E-state index contributed by atoms with van der Waals surface area (Å²) < 4.78 is 12.9. The molecular weight excluding hydrogens is 245 g/mol. The van der Waals surface area contributed by atoms with Crippen LogP contribution < -0.4 is 0 Å². The molecule has 1 aromatic carbocycles. The number of nitrogens with one attached hydrogen (secondary N) is 1. The van der Waals surface area contributed by atoms with Gasteiger partial charge >= 0.3 is 0 Å². The van der Waals surface area contributed by atoms with Crippen LogP contribution in [0, 0.1) is 5.82 Å². The molecule has 2 N–H and O–H groups in total. The summed E-state index contributed by atoms with van der Waals surface area (Å²) in [5.41, 5.74) is 2.85. The summed E-state index contributed by atoms with van der Waals surface area (Å²) >= 11 is 0. The highest BCUT2D eigenvalue weighted by Gasteiger charge is 2.11. The van der Waals surface area contributed by atoms with Gasteiger partial charge in [-0.3, -0.25) is 10.00 Å². The molecule has 0 saturated heterocycles. The molecular formula is C14H18FN3O. The lowest BCUT2D eigenvalue weighted by molar-refractivity contribution is 0.197. The van der Waals surface area contributed by atoms with Gasteiger partial charge in [-0.05, 0) is 30.8 Å². The highest BCUT2D eigenvalue weighted by molar-refractivity contribution is 5.62. The fraction of sp³-hybridized carbons (Fsp3) is 0.357. The van der Waals surface area contributed by atoms with Crippen molar-refractivity contribution in [3.63, 3.8) is 0 Å². The lowest BCUT2D eigenvalue weighted by atomic mass is 10.1. The second-order valence-corrected chi connectivity index (χ2v) is 4.37. The summed E-state index contributed by atoms with van der Waals surface area (Å²) in [5, 5.41) is 16.0. The number of hydrogen-bond acceptors (Lipinski definition) is 3. The van der Waals surface area contributed by atoms with E-state index >= 15 is 0 Å². The van der Waals surface area contributed by atoms with Crippen LogP contribution in [-0.2, 0) is 6.54 Å². The molecule has 0 spiro atoms. The maximum Gasteiger partial charge on any atom is 0.123 e. The van der Waals surface area contributed by atoms with Gasteiger partial charge in [-0.25, -0.2) is 4.39 Å². The summed E-state index contributed by atoms with van der Waals surface area (Å²) in [6, 6.07) is 6.33. The predicted molar refractivity (Wildman–Crippen MR) is 72.0 cm³/mol. The van der Waals surface area contributed by atoms with E-state index in [0.29, 0.717) is 13.1 Å². The number of nitrogens with zero attached hydrogens (tertiary/aromatic N) is 2. The first-order valence-corrected chi connectivity index (χ1v) is 6.36. The number of benzene rings is 1. The Morgan fingerprint density at radius 2 is 2.05 bits per heavy atom. The average Bonchev–Trinajstić information content (AvgIpc) is 2.87. The Balaban J connectivity index is 2.19. The Hall–Kier alpha value is -1.72. The highest BCUT2D eigenvalue weighted by Crippen LogP contribution is 2.22. The first-order valence-electron chi connectivity index (χ1n) is 6.36. The fourth-order valence-corrected chi connectivity index (χ4v) is 2.03. The fourth-order valence-electron chi connectivity index (χ4n) is 2.03. The number of aromatic amines is 1. The molecule has 2 rings (SSSR count). The second-order valence-electron chi connectivity index (χ2n) is 4.37. The van der Waals surface area contributed by atoms with Gasteiger partial charge in [0.05, 0.1) is 18.5 Å². The van der Waals surface area contributed by atoms with Crippen molar-refractivity contribution in [2.24, 2.45) is 0 Å². The third kappa shape index (κ3) is 3.39. The first-order chi connectivity index (χ1) is 9.24. The van der Waals surface area contributed by atoms with Gasteiger partial charge in [0.15, 0.2) is 0 Å². The molecule has 0 bridgehead atoms. The number of aliphatic hydroxyl groups is 1. The number of rotatable bonds is 6. The van der Waals surface area contributed by atoms with Gasteiger partial charge in [0.2, 0.25) is 0 Å². The van der Waals surface area contributed by atoms with Crippen LogP contribution in [-0.4, -0.2) is 39.9 Å². The van der Waals surface area contributed by atoms with Crippen LogP contribution in [0.3, 0.4) is 0 Å². The van der Waals surface area contributed by atoms with Crippen molar-refractivity contribution < 1.29 is 9.50 Å². The van der Waals surface area contributed by atoms with Gasteiger partial charge < -0.3 is 5.11 Å². The zero-order valence-electron chi connectivity index (χ0n) is 10.9. The Morgan fingerprint density at radius 1 is 1.32 bits per heavy atom. The van der Waals surface area contributed by atoms with E-state index in [1.807, 2.05) is 6.92 Å². The van der Waals surface area contributed by atoms with Crippen molar-refractivity contribution in [3.8, 4) is 11.3 Å². The van der Waals surface area contributed by atoms with Gasteiger partial charge in [0.1, 0.15) is 5.82 Å². The molecule has 5 heteroatoms. The molecule has 0 amide bonds. The van der Waals surface area contributed by atoms with E-state index in [1.165, 1.54) is 12.1 Å². The minimum atomic E-state index is -0.250. The quantitative estimate of drug-likeness (QED) is 0.838. The summed E-state index contributed by atoms with van der Waals surface area (Å²) in [6.07, 6.45) is 1.78. The Bertz CT molecular complexity index is 510. The van der Waals surface area contributed by atoms with Gasteiger partial charge in [-0.2, -0.15) is 5.10 Å². The third-order valence-corrected chi connectivity index (χ3v) is 3.11. The van der Waals surface area contributed by atoms with E-state index in [1.54, 1.807) is 18.3 Å². The molecule has 0 fully saturated rings. The van der Waals surface area contributed by atoms with Crippen LogP contribution >= 0.6 is 0 Å². The lowest BCUT2D eigenvalue weighted by Gasteiger charge is -2.18. The molecule has 102 valence electrons. The summed E-state index contributed by atoms with van der Waals surface area (Å²) in [7, 11) is 0. The molecule has 19 heavy (non-hydrogen) atoms. The van der Waals surface area contributed by atoms with Crippen molar-refractivity contribution in [1.82, 2.24) is 15.1 Å². The Kier molecular flexibility index (Phi) is 4.65. The van der Waals surface area contributed by atoms with Crippen molar-refractivity contribution in [2.75, 3.05) is 19.7 Å². The topological polar surface area (TPSA) is 52.1 Å². The predicted octanol–water partition coefficient (Wildman–Crippen LogP) is 2.03. The first kappa shape index (κ1) is 13.7. The maximum absolute atomic E-state index is 12.9. The van der Waals surface area contributed by atoms with Crippen molar-refractivity contribution in [2.45, 2.75) is 13.5 Å². The SMILES string of the molecule is CCN(CCO)Cc1cn[nH]c1-c1ccc(F)cc1. The van der Waals surface area contributed by atoms with E-state index in [0.717, 1.165) is 23.4 Å². The van der Waals surface area contributed by atoms with Crippen LogP contribution in [0.5, 0.6) is 0 Å². The van der Waals surface area contributed by atoms with Gasteiger partial charge in [0.25, 0.3) is 0 Å². The smallest absolute Gasteiger partial charge is 0.123 e. The normalized spacial score (nSPS) is 11.2. The van der Waals surface area contributed by atoms with Crippen molar-refractivity contribution in [1.29, 1.82) is 0 Å². The average molecular weight is 263 g/mol. The van der Waals surface area contributed by atoms with Crippen molar-refractivity contribution in [3.05, 3.63) is 41.8 Å². The number of likely N-dealkylation sites (N-methyl/N-ethyl adjacent to an activating group) is 1. The molecule has 0 aliphatic carbocycles. The van der Waals surface area contributed by atoms with Crippen molar-refractivity contribution >= 4 is 0 Å². The van der Waals surface area contributed by atoms with E-state index in [9.17, 15) is 4.39 Å². The van der Waals surface area contributed by atoms with Gasteiger partial charge in [-0.1, -0.05) is 6.92 Å². The second kappa shape index (κ2) is 6.45. The highest BCUT2D eigenvalue weighted by atomic mass is 19.1. The molecule has 0 saturated carbocycles. The summed E-state index contributed by atoms with van der Waals surface area (Å²) in [6.45, 7) is 4.38. The monoisotopic (exact) mass is 263 g/mol. The third-order valence-electron chi connectivity index (χ3n) is 3.11. The van der Waals surface area contributed by atoms with E-state index in [2.05, 4.69) is 15.1 Å². The molecule has 1 heterocycles. The number of aromatic nitrogens is 2. The largest absolute Gasteiger partial charge is 0.395 e. The standard InChI is InChI=1S/C14H18FN3O/c1-2-18(7-8-19)10-12-9-16-17-14(12)11-3-5-13(15)6-4-11/h3-6,9,19H,2,7-8,10H2,1H3,(H,16,17). The van der Waals surface area contributed by atoms with Crippen LogP contribution in [0.2, 0.25) is 0 Å². The minimum Gasteiger partial charge on any atom is -0.395 e. The molecule has 0 aliphatic heterocycles. The number of aliphatic hydroxyl groups excluding tert-OH is 1. The Morgan fingerprint density at radius 3 is 2.68 bits per heavy atom. The molecule has 0 unspecified atom stereocenters. The van der Waals surface area contributed by atoms with Crippen LogP contribution in [0.1, 0.15) is 12.5 Å².